The van der Waals surface area contributed by atoms with Crippen molar-refractivity contribution in [3.63, 3.8) is 0 Å². The minimum atomic E-state index is -0.250. The molecule has 0 radical (unpaired) electrons. The van der Waals surface area contributed by atoms with Crippen LogP contribution in [0.2, 0.25) is 0 Å². The number of nitrogens with zero attached hydrogens (tertiary/aromatic N) is 2. The summed E-state index contributed by atoms with van der Waals surface area (Å²) in [7, 11) is 1.87. The highest BCUT2D eigenvalue weighted by molar-refractivity contribution is 5.80. The zero-order chi connectivity index (χ0) is 13.1. The van der Waals surface area contributed by atoms with Crippen LogP contribution in [0.5, 0.6) is 0 Å². The molecule has 0 aliphatic carbocycles. The Morgan fingerprint density at radius 1 is 1.53 bits per heavy atom. The van der Waals surface area contributed by atoms with Crippen LogP contribution in [0.15, 0.2) is 12.5 Å². The third-order valence-corrected chi connectivity index (χ3v) is 2.40. The van der Waals surface area contributed by atoms with Crippen molar-refractivity contribution in [3.8, 4) is 0 Å². The highest BCUT2D eigenvalue weighted by atomic mass is 16.2. The predicted molar refractivity (Wildman–Crippen MR) is 67.6 cm³/mol. The van der Waals surface area contributed by atoms with Gasteiger partial charge < -0.3 is 15.2 Å². The van der Waals surface area contributed by atoms with Gasteiger partial charge in [0, 0.05) is 18.3 Å². The molecule has 96 valence electrons. The van der Waals surface area contributed by atoms with Gasteiger partial charge in [0.05, 0.1) is 12.0 Å². The highest BCUT2D eigenvalue weighted by Gasteiger charge is 2.21. The van der Waals surface area contributed by atoms with E-state index >= 15 is 0 Å². The summed E-state index contributed by atoms with van der Waals surface area (Å²) in [6, 6.07) is -0.250. The molecular formula is C12H22N4O. The van der Waals surface area contributed by atoms with E-state index in [0.29, 0.717) is 6.54 Å². The van der Waals surface area contributed by atoms with Crippen LogP contribution in [-0.4, -0.2) is 28.0 Å². The Bertz CT molecular complexity index is 378. The van der Waals surface area contributed by atoms with Gasteiger partial charge in [-0.05, 0) is 34.7 Å². The van der Waals surface area contributed by atoms with Gasteiger partial charge in [0.1, 0.15) is 6.04 Å². The van der Waals surface area contributed by atoms with Crippen molar-refractivity contribution in [1.29, 1.82) is 0 Å². The summed E-state index contributed by atoms with van der Waals surface area (Å²) in [4.78, 5) is 16.1. The number of nitrogens with one attached hydrogen (secondary N) is 2. The molecule has 0 aliphatic rings. The van der Waals surface area contributed by atoms with Crippen molar-refractivity contribution in [2.75, 3.05) is 7.05 Å². The molecular weight excluding hydrogens is 216 g/mol. The quantitative estimate of drug-likeness (QED) is 0.825. The third-order valence-electron chi connectivity index (χ3n) is 2.40. The fraction of sp³-hybridized carbons (Fsp3) is 0.667. The Morgan fingerprint density at radius 2 is 2.18 bits per heavy atom. The zero-order valence-corrected chi connectivity index (χ0v) is 11.2. The SMILES string of the molecule is CNCc1cncn1C(C)C(=O)NC(C)(C)C. The van der Waals surface area contributed by atoms with Crippen molar-refractivity contribution in [1.82, 2.24) is 20.2 Å². The number of carbonyl (C=O) groups excluding carboxylic acids is 1. The molecule has 1 rings (SSSR count). The van der Waals surface area contributed by atoms with Gasteiger partial charge in [0.2, 0.25) is 5.91 Å². The molecule has 5 nitrogen and oxygen atoms in total. The van der Waals surface area contributed by atoms with Crippen molar-refractivity contribution < 1.29 is 4.79 Å². The molecule has 0 spiro atoms. The lowest BCUT2D eigenvalue weighted by molar-refractivity contribution is -0.125. The second kappa shape index (κ2) is 5.31. The van der Waals surface area contributed by atoms with Gasteiger partial charge in [-0.25, -0.2) is 4.98 Å². The van der Waals surface area contributed by atoms with Crippen LogP contribution in [0.4, 0.5) is 0 Å². The van der Waals surface area contributed by atoms with E-state index < -0.39 is 0 Å². The third kappa shape index (κ3) is 3.85. The topological polar surface area (TPSA) is 59.0 Å². The molecule has 1 atom stereocenters. The van der Waals surface area contributed by atoms with Crippen LogP contribution in [0.1, 0.15) is 39.4 Å². The minimum Gasteiger partial charge on any atom is -0.350 e. The second-order valence-electron chi connectivity index (χ2n) is 5.24. The maximum absolute atomic E-state index is 12.0. The van der Waals surface area contributed by atoms with Gasteiger partial charge >= 0.3 is 0 Å². The van der Waals surface area contributed by atoms with E-state index in [2.05, 4.69) is 15.6 Å². The van der Waals surface area contributed by atoms with Crippen molar-refractivity contribution >= 4 is 5.91 Å². The molecule has 0 saturated carbocycles. The first kappa shape index (κ1) is 13.7. The summed E-state index contributed by atoms with van der Waals surface area (Å²) < 4.78 is 1.89. The molecule has 1 unspecified atom stereocenters. The van der Waals surface area contributed by atoms with Crippen LogP contribution >= 0.6 is 0 Å². The molecule has 0 aliphatic heterocycles. The predicted octanol–water partition coefficient (Wildman–Crippen LogP) is 1.08. The van der Waals surface area contributed by atoms with Gasteiger partial charge in [0.15, 0.2) is 0 Å². The zero-order valence-electron chi connectivity index (χ0n) is 11.2. The van der Waals surface area contributed by atoms with Crippen molar-refractivity contribution in [3.05, 3.63) is 18.2 Å². The van der Waals surface area contributed by atoms with Gasteiger partial charge in [-0.1, -0.05) is 0 Å². The van der Waals surface area contributed by atoms with Crippen LogP contribution < -0.4 is 10.6 Å². The molecule has 0 fully saturated rings. The smallest absolute Gasteiger partial charge is 0.243 e. The molecule has 5 heteroatoms. The lowest BCUT2D eigenvalue weighted by Crippen LogP contribution is -2.44. The number of carbonyl (C=O) groups is 1. The van der Waals surface area contributed by atoms with Crippen molar-refractivity contribution in [2.24, 2.45) is 0 Å². The second-order valence-corrected chi connectivity index (χ2v) is 5.24. The Kier molecular flexibility index (Phi) is 4.28. The number of rotatable bonds is 4. The molecule has 0 bridgehead atoms. The summed E-state index contributed by atoms with van der Waals surface area (Å²) in [6.07, 6.45) is 3.47. The molecule has 0 saturated heterocycles. The standard InChI is InChI=1S/C12H22N4O/c1-9(11(17)15-12(2,3)4)16-8-14-7-10(16)6-13-5/h7-9,13H,6H2,1-5H3,(H,15,17). The first-order chi connectivity index (χ1) is 7.85. The van der Waals surface area contributed by atoms with Gasteiger partial charge in [-0.15, -0.1) is 0 Å². The Labute approximate surface area is 103 Å². The van der Waals surface area contributed by atoms with Crippen LogP contribution in [0.25, 0.3) is 0 Å². The summed E-state index contributed by atoms with van der Waals surface area (Å²) in [6.45, 7) is 8.50. The normalized spacial score (nSPS) is 13.5. The van der Waals surface area contributed by atoms with E-state index in [1.807, 2.05) is 39.3 Å². The maximum atomic E-state index is 12.0. The summed E-state index contributed by atoms with van der Waals surface area (Å²) in [5, 5.41) is 6.03. The molecule has 1 amide bonds. The summed E-state index contributed by atoms with van der Waals surface area (Å²) >= 11 is 0. The number of hydrogen-bond donors (Lipinski definition) is 2. The average Bonchev–Trinajstić information content (AvgIpc) is 2.62. The molecule has 0 aromatic carbocycles. The number of hydrogen-bond acceptors (Lipinski definition) is 3. The van der Waals surface area contributed by atoms with Crippen LogP contribution in [0.3, 0.4) is 0 Å². The largest absolute Gasteiger partial charge is 0.350 e. The van der Waals surface area contributed by atoms with Crippen molar-refractivity contribution in [2.45, 2.75) is 45.8 Å². The van der Waals surface area contributed by atoms with E-state index in [1.54, 1.807) is 12.5 Å². The lowest BCUT2D eigenvalue weighted by Gasteiger charge is -2.24. The Hall–Kier alpha value is -1.36. The Balaban J connectivity index is 2.78. The van der Waals surface area contributed by atoms with E-state index in [0.717, 1.165) is 5.69 Å². The summed E-state index contributed by atoms with van der Waals surface area (Å²) in [5.74, 6) is 0.00727. The fourth-order valence-electron chi connectivity index (χ4n) is 1.60. The molecule has 1 heterocycles. The van der Waals surface area contributed by atoms with Crippen LogP contribution in [-0.2, 0) is 11.3 Å². The molecule has 2 N–H and O–H groups in total. The fourth-order valence-corrected chi connectivity index (χ4v) is 1.60. The van der Waals surface area contributed by atoms with E-state index in [9.17, 15) is 4.79 Å². The molecule has 1 aromatic heterocycles. The molecule has 17 heavy (non-hydrogen) atoms. The minimum absolute atomic E-state index is 0.00727. The van der Waals surface area contributed by atoms with Gasteiger partial charge in [0.25, 0.3) is 0 Å². The first-order valence-corrected chi connectivity index (χ1v) is 5.82. The highest BCUT2D eigenvalue weighted by Crippen LogP contribution is 2.12. The number of imidazole rings is 1. The van der Waals surface area contributed by atoms with Crippen LogP contribution in [0, 0.1) is 0 Å². The number of amides is 1. The van der Waals surface area contributed by atoms with Gasteiger partial charge in [-0.3, -0.25) is 4.79 Å². The number of aromatic nitrogens is 2. The maximum Gasteiger partial charge on any atom is 0.243 e. The lowest BCUT2D eigenvalue weighted by atomic mass is 10.1. The van der Waals surface area contributed by atoms with E-state index in [4.69, 9.17) is 0 Å². The average molecular weight is 238 g/mol. The van der Waals surface area contributed by atoms with Gasteiger partial charge in [-0.2, -0.15) is 0 Å². The Morgan fingerprint density at radius 3 is 2.71 bits per heavy atom. The summed E-state index contributed by atoms with van der Waals surface area (Å²) in [5.41, 5.74) is 0.791. The van der Waals surface area contributed by atoms with E-state index in [-0.39, 0.29) is 17.5 Å². The van der Waals surface area contributed by atoms with E-state index in [1.165, 1.54) is 0 Å². The molecule has 1 aromatic rings. The monoisotopic (exact) mass is 238 g/mol. The first-order valence-electron chi connectivity index (χ1n) is 5.82.